The van der Waals surface area contributed by atoms with Crippen LogP contribution in [0.2, 0.25) is 0 Å². The number of ketones is 1. The maximum atomic E-state index is 12.3. The predicted octanol–water partition coefficient (Wildman–Crippen LogP) is 4.01. The molecule has 0 unspecified atom stereocenters. The first kappa shape index (κ1) is 20.0. The third-order valence-corrected chi connectivity index (χ3v) is 4.35. The van der Waals surface area contributed by atoms with Crippen LogP contribution in [0.1, 0.15) is 16.1 Å². The lowest BCUT2D eigenvalue weighted by Crippen LogP contribution is -1.95. The van der Waals surface area contributed by atoms with Crippen LogP contribution in [0.25, 0.3) is 17.3 Å². The fourth-order valence-corrected chi connectivity index (χ4v) is 2.82. The minimum atomic E-state index is -0.114. The van der Waals surface area contributed by atoms with Crippen molar-refractivity contribution in [2.24, 2.45) is 0 Å². The summed E-state index contributed by atoms with van der Waals surface area (Å²) in [6, 6.07) is 12.4. The van der Waals surface area contributed by atoms with E-state index in [0.29, 0.717) is 39.9 Å². The van der Waals surface area contributed by atoms with Gasteiger partial charge >= 0.3 is 0 Å². The molecular weight excluding hydrogens is 372 g/mol. The number of aromatic nitrogens is 2. The van der Waals surface area contributed by atoms with Crippen LogP contribution >= 0.6 is 0 Å². The third-order valence-electron chi connectivity index (χ3n) is 4.35. The number of carbonyl (C=O) groups excluding carboxylic acids is 1. The molecule has 1 heterocycles. The van der Waals surface area contributed by atoms with Crippen LogP contribution in [0.4, 0.5) is 0 Å². The lowest BCUT2D eigenvalue weighted by molar-refractivity contribution is 0.104. The van der Waals surface area contributed by atoms with Gasteiger partial charge < -0.3 is 18.9 Å². The van der Waals surface area contributed by atoms with E-state index < -0.39 is 0 Å². The molecule has 0 radical (unpaired) electrons. The van der Waals surface area contributed by atoms with Gasteiger partial charge in [0.25, 0.3) is 0 Å². The Kier molecular flexibility index (Phi) is 6.19. The van der Waals surface area contributed by atoms with Crippen LogP contribution in [-0.2, 0) is 0 Å². The summed E-state index contributed by atoms with van der Waals surface area (Å²) in [6.45, 7) is 0. The number of rotatable bonds is 8. The summed E-state index contributed by atoms with van der Waals surface area (Å²) in [4.78, 5) is 12.3. The summed E-state index contributed by atoms with van der Waals surface area (Å²) in [5.41, 5.74) is 2.74. The second-order valence-corrected chi connectivity index (χ2v) is 6.05. The number of nitrogens with one attached hydrogen (secondary N) is 1. The first-order valence-corrected chi connectivity index (χ1v) is 8.81. The molecule has 0 spiro atoms. The number of nitrogens with zero attached hydrogens (tertiary/aromatic N) is 1. The van der Waals surface area contributed by atoms with E-state index in [0.717, 1.165) is 5.56 Å². The molecule has 7 nitrogen and oxygen atoms in total. The Labute approximate surface area is 168 Å². The number of aromatic amines is 1. The van der Waals surface area contributed by atoms with Gasteiger partial charge in [0.2, 0.25) is 5.75 Å². The van der Waals surface area contributed by atoms with E-state index in [4.69, 9.17) is 18.9 Å². The van der Waals surface area contributed by atoms with Gasteiger partial charge in [-0.15, -0.1) is 0 Å². The number of H-pyrrole nitrogens is 1. The highest BCUT2D eigenvalue weighted by molar-refractivity contribution is 6.06. The van der Waals surface area contributed by atoms with E-state index in [1.807, 2.05) is 18.2 Å². The summed E-state index contributed by atoms with van der Waals surface area (Å²) in [5, 5.41) is 7.22. The SMILES string of the molecule is COc1ccc(C(=O)C=Cc2cc(-c3cc(OC)c(OC)c(OC)c3)n[nH]2)cc1. The van der Waals surface area contributed by atoms with Crippen LogP contribution in [0.3, 0.4) is 0 Å². The highest BCUT2D eigenvalue weighted by Gasteiger charge is 2.15. The Bertz CT molecular complexity index is 997. The average molecular weight is 394 g/mol. The second-order valence-electron chi connectivity index (χ2n) is 6.05. The van der Waals surface area contributed by atoms with Gasteiger partial charge in [0, 0.05) is 11.1 Å². The zero-order valence-electron chi connectivity index (χ0n) is 16.7. The number of hydrogen-bond acceptors (Lipinski definition) is 6. The van der Waals surface area contributed by atoms with E-state index in [-0.39, 0.29) is 5.78 Å². The molecule has 150 valence electrons. The number of ether oxygens (including phenoxy) is 4. The van der Waals surface area contributed by atoms with Crippen molar-refractivity contribution in [2.45, 2.75) is 0 Å². The van der Waals surface area contributed by atoms with E-state index >= 15 is 0 Å². The number of allylic oxidation sites excluding steroid dienone is 1. The van der Waals surface area contributed by atoms with Gasteiger partial charge in [0.1, 0.15) is 5.75 Å². The quantitative estimate of drug-likeness (QED) is 0.459. The highest BCUT2D eigenvalue weighted by atomic mass is 16.5. The molecule has 0 saturated carbocycles. The maximum absolute atomic E-state index is 12.3. The zero-order chi connectivity index (χ0) is 20.8. The first-order valence-electron chi connectivity index (χ1n) is 8.81. The monoisotopic (exact) mass is 394 g/mol. The van der Waals surface area contributed by atoms with Gasteiger partial charge in [-0.3, -0.25) is 9.89 Å². The van der Waals surface area contributed by atoms with Crippen molar-refractivity contribution in [2.75, 3.05) is 28.4 Å². The van der Waals surface area contributed by atoms with Crippen molar-refractivity contribution in [1.82, 2.24) is 10.2 Å². The van der Waals surface area contributed by atoms with E-state index in [2.05, 4.69) is 10.2 Å². The normalized spacial score (nSPS) is 10.8. The molecule has 0 fully saturated rings. The Morgan fingerprint density at radius 1 is 0.897 bits per heavy atom. The minimum Gasteiger partial charge on any atom is -0.497 e. The lowest BCUT2D eigenvalue weighted by atomic mass is 10.1. The topological polar surface area (TPSA) is 82.7 Å². The molecule has 0 saturated heterocycles. The molecule has 3 aromatic rings. The van der Waals surface area contributed by atoms with Gasteiger partial charge in [-0.05, 0) is 54.6 Å². The summed E-state index contributed by atoms with van der Waals surface area (Å²) >= 11 is 0. The largest absolute Gasteiger partial charge is 0.497 e. The van der Waals surface area contributed by atoms with Crippen molar-refractivity contribution >= 4 is 11.9 Å². The van der Waals surface area contributed by atoms with Crippen LogP contribution in [0, 0.1) is 0 Å². The van der Waals surface area contributed by atoms with Crippen molar-refractivity contribution < 1.29 is 23.7 Å². The van der Waals surface area contributed by atoms with Gasteiger partial charge in [0.05, 0.1) is 39.8 Å². The Balaban J connectivity index is 1.81. The van der Waals surface area contributed by atoms with Gasteiger partial charge in [-0.1, -0.05) is 0 Å². The first-order chi connectivity index (χ1) is 14.1. The van der Waals surface area contributed by atoms with Crippen molar-refractivity contribution in [3.63, 3.8) is 0 Å². The fourth-order valence-electron chi connectivity index (χ4n) is 2.82. The van der Waals surface area contributed by atoms with Crippen LogP contribution < -0.4 is 18.9 Å². The van der Waals surface area contributed by atoms with Crippen LogP contribution in [0.15, 0.2) is 48.5 Å². The van der Waals surface area contributed by atoms with Gasteiger partial charge in [-0.25, -0.2) is 0 Å². The molecule has 7 heteroatoms. The third kappa shape index (κ3) is 4.40. The summed E-state index contributed by atoms with van der Waals surface area (Å²) in [5.74, 6) is 2.18. The smallest absolute Gasteiger partial charge is 0.203 e. The van der Waals surface area contributed by atoms with E-state index in [1.54, 1.807) is 58.8 Å². The molecule has 29 heavy (non-hydrogen) atoms. The highest BCUT2D eigenvalue weighted by Crippen LogP contribution is 2.40. The molecule has 0 atom stereocenters. The van der Waals surface area contributed by atoms with E-state index in [9.17, 15) is 4.79 Å². The molecule has 1 aromatic heterocycles. The molecule has 0 aliphatic heterocycles. The lowest BCUT2D eigenvalue weighted by Gasteiger charge is -2.13. The Morgan fingerprint density at radius 3 is 2.10 bits per heavy atom. The van der Waals surface area contributed by atoms with Crippen LogP contribution in [-0.4, -0.2) is 44.4 Å². The fraction of sp³-hybridized carbons (Fsp3) is 0.182. The summed E-state index contributed by atoms with van der Waals surface area (Å²) in [7, 11) is 6.26. The molecule has 1 N–H and O–H groups in total. The number of carbonyl (C=O) groups is 1. The summed E-state index contributed by atoms with van der Waals surface area (Å²) < 4.78 is 21.2. The molecule has 3 rings (SSSR count). The summed E-state index contributed by atoms with van der Waals surface area (Å²) in [6.07, 6.45) is 3.18. The molecule has 0 aliphatic rings. The van der Waals surface area contributed by atoms with Crippen molar-refractivity contribution in [1.29, 1.82) is 0 Å². The Hall–Kier alpha value is -3.74. The molecule has 0 bridgehead atoms. The van der Waals surface area contributed by atoms with Gasteiger partial charge in [-0.2, -0.15) is 5.10 Å². The number of benzene rings is 2. The second kappa shape index (κ2) is 8.97. The van der Waals surface area contributed by atoms with Gasteiger partial charge in [0.15, 0.2) is 17.3 Å². The van der Waals surface area contributed by atoms with Crippen LogP contribution in [0.5, 0.6) is 23.0 Å². The standard InChI is InChI=1S/C22H22N2O5/c1-26-17-8-5-14(6-9-17)19(25)10-7-16-13-18(24-23-16)15-11-20(27-2)22(29-4)21(12-15)28-3/h5-13H,1-4H3,(H,23,24). The predicted molar refractivity (Wildman–Crippen MR) is 110 cm³/mol. The minimum absolute atomic E-state index is 0.114. The zero-order valence-corrected chi connectivity index (χ0v) is 16.7. The molecular formula is C22H22N2O5. The molecule has 2 aromatic carbocycles. The van der Waals surface area contributed by atoms with E-state index in [1.165, 1.54) is 6.08 Å². The van der Waals surface area contributed by atoms with Crippen molar-refractivity contribution in [3.8, 4) is 34.3 Å². The molecule has 0 aliphatic carbocycles. The number of hydrogen-bond donors (Lipinski definition) is 1. The number of methoxy groups -OCH3 is 4. The van der Waals surface area contributed by atoms with Crippen molar-refractivity contribution in [3.05, 3.63) is 59.8 Å². The average Bonchev–Trinajstić information content (AvgIpc) is 3.25. The maximum Gasteiger partial charge on any atom is 0.203 e. The Morgan fingerprint density at radius 2 is 1.55 bits per heavy atom. The molecule has 0 amide bonds.